The first-order valence-corrected chi connectivity index (χ1v) is 18.5. The van der Waals surface area contributed by atoms with Crippen molar-refractivity contribution in [2.75, 3.05) is 4.90 Å². The molecule has 1 nitrogen and oxygen atoms in total. The molecule has 0 heterocycles. The Labute approximate surface area is 303 Å². The summed E-state index contributed by atoms with van der Waals surface area (Å²) in [6.07, 6.45) is 0. The molecule has 2 aliphatic carbocycles. The molecule has 0 aromatic heterocycles. The van der Waals surface area contributed by atoms with E-state index in [1.807, 2.05) is 0 Å². The highest BCUT2D eigenvalue weighted by Crippen LogP contribution is 2.60. The van der Waals surface area contributed by atoms with Crippen LogP contribution in [0.15, 0.2) is 140 Å². The SMILES string of the molecule is CC1(C)c2ccccc2-c2ccc(N(c3ccccc3)c3cccc4c3-c3ccc5c(ccc6ccccc65)c3C(C)(C)C4(C)C)cc2C1(C)C. The molecule has 0 N–H and O–H groups in total. The Bertz CT molecular complexity index is 2530. The highest BCUT2D eigenvalue weighted by atomic mass is 15.1. The summed E-state index contributed by atoms with van der Waals surface area (Å²) in [5.41, 5.74) is 14.2. The van der Waals surface area contributed by atoms with Crippen molar-refractivity contribution in [3.63, 3.8) is 0 Å². The molecule has 2 aliphatic rings. The lowest BCUT2D eigenvalue weighted by Crippen LogP contribution is -2.44. The lowest BCUT2D eigenvalue weighted by atomic mass is 9.54. The summed E-state index contributed by atoms with van der Waals surface area (Å²) in [6, 6.07) is 52.5. The van der Waals surface area contributed by atoms with Crippen molar-refractivity contribution in [2.45, 2.75) is 77.0 Å². The lowest BCUT2D eigenvalue weighted by molar-refractivity contribution is 0.299. The average Bonchev–Trinajstić information content (AvgIpc) is 3.13. The van der Waals surface area contributed by atoms with Gasteiger partial charge in [-0.1, -0.05) is 165 Å². The van der Waals surface area contributed by atoms with Crippen molar-refractivity contribution >= 4 is 38.6 Å². The number of fused-ring (bicyclic) bond motifs is 10. The van der Waals surface area contributed by atoms with Gasteiger partial charge in [-0.05, 0) is 107 Å². The predicted molar refractivity (Wildman–Crippen MR) is 219 cm³/mol. The summed E-state index contributed by atoms with van der Waals surface area (Å²) in [5, 5.41) is 5.29. The molecule has 9 rings (SSSR count). The van der Waals surface area contributed by atoms with Gasteiger partial charge in [-0.25, -0.2) is 0 Å². The van der Waals surface area contributed by atoms with Crippen molar-refractivity contribution in [3.05, 3.63) is 162 Å². The van der Waals surface area contributed by atoms with Gasteiger partial charge < -0.3 is 4.90 Å². The van der Waals surface area contributed by atoms with Crippen molar-refractivity contribution in [1.29, 1.82) is 0 Å². The van der Waals surface area contributed by atoms with Crippen LogP contribution in [0.4, 0.5) is 17.1 Å². The van der Waals surface area contributed by atoms with E-state index in [4.69, 9.17) is 0 Å². The highest BCUT2D eigenvalue weighted by Gasteiger charge is 2.49. The van der Waals surface area contributed by atoms with Crippen LogP contribution >= 0.6 is 0 Å². The van der Waals surface area contributed by atoms with Crippen molar-refractivity contribution in [1.82, 2.24) is 0 Å². The topological polar surface area (TPSA) is 3.24 Å². The van der Waals surface area contributed by atoms with Crippen LogP contribution in [-0.4, -0.2) is 0 Å². The van der Waals surface area contributed by atoms with Gasteiger partial charge in [0.1, 0.15) is 0 Å². The van der Waals surface area contributed by atoms with Gasteiger partial charge >= 0.3 is 0 Å². The number of anilines is 3. The van der Waals surface area contributed by atoms with Gasteiger partial charge in [-0.15, -0.1) is 0 Å². The molecule has 0 saturated carbocycles. The maximum absolute atomic E-state index is 2.52. The third-order valence-electron chi connectivity index (χ3n) is 13.7. The Kier molecular flexibility index (Phi) is 6.67. The summed E-state index contributed by atoms with van der Waals surface area (Å²) >= 11 is 0. The molecular formula is C50H47N. The standard InChI is InChI=1S/C50H47N/c1-47(2)41-22-15-14-21-37(41)38-28-26-34(31-43(38)49(47,5)6)51(33-18-10-9-11-19-33)44-24-16-23-42-45(44)40-30-29-36-35-20-13-12-17-32(35)25-27-39(36)46(40)50(7,8)48(42,3)4/h9-31H,1-8H3. The molecule has 0 unspecified atom stereocenters. The second-order valence-corrected chi connectivity index (χ2v) is 17.0. The second kappa shape index (κ2) is 10.7. The molecule has 0 bridgehead atoms. The molecule has 0 aliphatic heterocycles. The molecule has 252 valence electrons. The minimum absolute atomic E-state index is 0.0432. The van der Waals surface area contributed by atoms with E-state index < -0.39 is 0 Å². The molecule has 0 fully saturated rings. The zero-order valence-corrected chi connectivity index (χ0v) is 31.2. The van der Waals surface area contributed by atoms with Gasteiger partial charge in [-0.3, -0.25) is 0 Å². The fourth-order valence-electron chi connectivity index (χ4n) is 9.51. The molecule has 0 saturated heterocycles. The molecule has 0 radical (unpaired) electrons. The molecule has 51 heavy (non-hydrogen) atoms. The summed E-state index contributed by atoms with van der Waals surface area (Å²) in [7, 11) is 0. The minimum Gasteiger partial charge on any atom is -0.310 e. The summed E-state index contributed by atoms with van der Waals surface area (Å²) < 4.78 is 0. The van der Waals surface area contributed by atoms with Crippen LogP contribution in [-0.2, 0) is 21.7 Å². The largest absolute Gasteiger partial charge is 0.310 e. The van der Waals surface area contributed by atoms with Gasteiger partial charge in [0.2, 0.25) is 0 Å². The normalized spacial score (nSPS) is 17.3. The van der Waals surface area contributed by atoms with E-state index in [9.17, 15) is 0 Å². The van der Waals surface area contributed by atoms with Crippen molar-refractivity contribution in [2.24, 2.45) is 0 Å². The third-order valence-corrected chi connectivity index (χ3v) is 13.7. The summed E-state index contributed by atoms with van der Waals surface area (Å²) in [4.78, 5) is 2.52. The Balaban J connectivity index is 1.35. The lowest BCUT2D eigenvalue weighted by Gasteiger charge is -2.50. The first-order chi connectivity index (χ1) is 24.4. The smallest absolute Gasteiger partial charge is 0.0543 e. The molecular weight excluding hydrogens is 615 g/mol. The Morgan fingerprint density at radius 2 is 0.980 bits per heavy atom. The van der Waals surface area contributed by atoms with Gasteiger partial charge in [-0.2, -0.15) is 0 Å². The van der Waals surface area contributed by atoms with Gasteiger partial charge in [0, 0.05) is 22.4 Å². The first-order valence-electron chi connectivity index (χ1n) is 18.5. The van der Waals surface area contributed by atoms with Crippen LogP contribution in [0.1, 0.15) is 77.6 Å². The van der Waals surface area contributed by atoms with E-state index in [1.165, 1.54) is 77.4 Å². The van der Waals surface area contributed by atoms with Gasteiger partial charge in [0.15, 0.2) is 0 Å². The molecule has 7 aromatic carbocycles. The fraction of sp³-hybridized carbons (Fsp3) is 0.240. The van der Waals surface area contributed by atoms with Crippen molar-refractivity contribution in [3.8, 4) is 22.3 Å². The van der Waals surface area contributed by atoms with Crippen LogP contribution in [0.3, 0.4) is 0 Å². The minimum atomic E-state index is -0.140. The number of nitrogens with zero attached hydrogens (tertiary/aromatic N) is 1. The maximum atomic E-state index is 2.52. The fourth-order valence-corrected chi connectivity index (χ4v) is 9.51. The number of benzene rings is 7. The van der Waals surface area contributed by atoms with Gasteiger partial charge in [0.05, 0.1) is 5.69 Å². The number of rotatable bonds is 3. The Morgan fingerprint density at radius 3 is 1.78 bits per heavy atom. The second-order valence-electron chi connectivity index (χ2n) is 17.0. The predicted octanol–water partition coefficient (Wildman–Crippen LogP) is 13.9. The van der Waals surface area contributed by atoms with Crippen LogP contribution in [0.5, 0.6) is 0 Å². The van der Waals surface area contributed by atoms with Crippen LogP contribution in [0.25, 0.3) is 43.8 Å². The molecule has 0 amide bonds. The third kappa shape index (κ3) is 4.21. The van der Waals surface area contributed by atoms with Crippen molar-refractivity contribution < 1.29 is 0 Å². The average molecular weight is 662 g/mol. The van der Waals surface area contributed by atoms with Crippen LogP contribution in [0.2, 0.25) is 0 Å². The van der Waals surface area contributed by atoms with Gasteiger partial charge in [0.25, 0.3) is 0 Å². The van der Waals surface area contributed by atoms with E-state index in [1.54, 1.807) is 0 Å². The Hall–Kier alpha value is -5.14. The number of hydrogen-bond donors (Lipinski definition) is 0. The van der Waals surface area contributed by atoms with E-state index >= 15 is 0 Å². The first kappa shape index (κ1) is 31.8. The molecule has 0 atom stereocenters. The van der Waals surface area contributed by atoms with Crippen LogP contribution in [0, 0.1) is 0 Å². The van der Waals surface area contributed by atoms with Crippen LogP contribution < -0.4 is 4.90 Å². The highest BCUT2D eigenvalue weighted by molar-refractivity contribution is 6.11. The van der Waals surface area contributed by atoms with E-state index in [0.717, 1.165) is 5.69 Å². The molecule has 0 spiro atoms. The molecule has 7 aromatic rings. The summed E-state index contributed by atoms with van der Waals surface area (Å²) in [5.74, 6) is 0. The molecule has 1 heteroatoms. The zero-order chi connectivity index (χ0) is 35.5. The van der Waals surface area contributed by atoms with E-state index in [2.05, 4.69) is 200 Å². The Morgan fingerprint density at radius 1 is 0.373 bits per heavy atom. The maximum Gasteiger partial charge on any atom is 0.0543 e. The van der Waals surface area contributed by atoms with E-state index in [0.29, 0.717) is 0 Å². The summed E-state index contributed by atoms with van der Waals surface area (Å²) in [6.45, 7) is 19.5. The monoisotopic (exact) mass is 661 g/mol. The number of para-hydroxylation sites is 1. The van der Waals surface area contributed by atoms with E-state index in [-0.39, 0.29) is 21.7 Å². The quantitative estimate of drug-likeness (QED) is 0.170. The number of hydrogen-bond acceptors (Lipinski definition) is 1. The zero-order valence-electron chi connectivity index (χ0n) is 31.2.